The highest BCUT2D eigenvalue weighted by Crippen LogP contribution is 2.16. The van der Waals surface area contributed by atoms with Crippen LogP contribution in [0.25, 0.3) is 11.5 Å². The average molecular weight is 246 g/mol. The molecule has 0 saturated heterocycles. The molecule has 1 aromatic heterocycles. The zero-order chi connectivity index (χ0) is 12.8. The predicted octanol–water partition coefficient (Wildman–Crippen LogP) is 2.23. The first-order valence-electron chi connectivity index (χ1n) is 5.83. The summed E-state index contributed by atoms with van der Waals surface area (Å²) in [5, 5.41) is 3.83. The fraction of sp³-hybridized carbons (Fsp3) is 0.308. The van der Waals surface area contributed by atoms with E-state index in [9.17, 15) is 4.79 Å². The van der Waals surface area contributed by atoms with Crippen LogP contribution >= 0.6 is 0 Å². The minimum absolute atomic E-state index is 0.247. The lowest BCUT2D eigenvalue weighted by atomic mass is 10.2. The van der Waals surface area contributed by atoms with Crippen LogP contribution in [0.1, 0.15) is 19.2 Å². The molecule has 0 bridgehead atoms. The third-order valence-corrected chi connectivity index (χ3v) is 2.35. The summed E-state index contributed by atoms with van der Waals surface area (Å²) in [6.07, 6.45) is 0.691. The Kier molecular flexibility index (Phi) is 4.06. The number of nitrogens with zero attached hydrogens (tertiary/aromatic N) is 2. The van der Waals surface area contributed by atoms with Crippen LogP contribution in [0, 0.1) is 0 Å². The first-order valence-corrected chi connectivity index (χ1v) is 5.83. The van der Waals surface area contributed by atoms with Gasteiger partial charge in [0, 0.05) is 12.0 Å². The Bertz CT molecular complexity index is 508. The number of aromatic nitrogens is 2. The van der Waals surface area contributed by atoms with Gasteiger partial charge in [-0.3, -0.25) is 4.79 Å². The molecule has 0 aliphatic heterocycles. The van der Waals surface area contributed by atoms with E-state index in [4.69, 9.17) is 9.26 Å². The van der Waals surface area contributed by atoms with E-state index >= 15 is 0 Å². The highest BCUT2D eigenvalue weighted by Gasteiger charge is 2.10. The molecule has 2 rings (SSSR count). The molecule has 0 amide bonds. The van der Waals surface area contributed by atoms with Crippen molar-refractivity contribution >= 4 is 5.97 Å². The van der Waals surface area contributed by atoms with E-state index in [0.717, 1.165) is 5.56 Å². The lowest BCUT2D eigenvalue weighted by molar-refractivity contribution is -0.143. The summed E-state index contributed by atoms with van der Waals surface area (Å²) in [4.78, 5) is 15.4. The first-order chi connectivity index (χ1) is 8.79. The van der Waals surface area contributed by atoms with Crippen molar-refractivity contribution in [3.63, 3.8) is 0 Å². The Hall–Kier alpha value is -2.17. The molecule has 0 spiro atoms. The van der Waals surface area contributed by atoms with E-state index < -0.39 is 0 Å². The molecule has 0 radical (unpaired) electrons. The fourth-order valence-electron chi connectivity index (χ4n) is 1.50. The Labute approximate surface area is 105 Å². The molecule has 2 aromatic rings. The van der Waals surface area contributed by atoms with Gasteiger partial charge in [-0.25, -0.2) is 0 Å². The van der Waals surface area contributed by atoms with E-state index in [1.54, 1.807) is 6.92 Å². The number of hydrogen-bond donors (Lipinski definition) is 0. The molecular formula is C13H14N2O3. The molecule has 1 heterocycles. The maximum Gasteiger partial charge on any atom is 0.306 e. The van der Waals surface area contributed by atoms with Crippen molar-refractivity contribution in [3.05, 3.63) is 36.2 Å². The lowest BCUT2D eigenvalue weighted by Crippen LogP contribution is -2.05. The zero-order valence-electron chi connectivity index (χ0n) is 10.1. The number of carbonyl (C=O) groups is 1. The maximum absolute atomic E-state index is 11.2. The van der Waals surface area contributed by atoms with Gasteiger partial charge in [0.05, 0.1) is 13.0 Å². The molecule has 0 saturated carbocycles. The molecular weight excluding hydrogens is 232 g/mol. The second-order valence-electron chi connectivity index (χ2n) is 3.69. The molecule has 0 atom stereocenters. The van der Waals surface area contributed by atoms with E-state index in [1.165, 1.54) is 0 Å². The highest BCUT2D eigenvalue weighted by atomic mass is 16.5. The Balaban J connectivity index is 1.97. The van der Waals surface area contributed by atoms with E-state index in [-0.39, 0.29) is 12.4 Å². The highest BCUT2D eigenvalue weighted by molar-refractivity contribution is 5.69. The normalized spacial score (nSPS) is 10.3. The summed E-state index contributed by atoms with van der Waals surface area (Å²) >= 11 is 0. The Morgan fingerprint density at radius 2 is 2.11 bits per heavy atom. The minimum atomic E-state index is -0.247. The number of esters is 1. The molecule has 5 nitrogen and oxygen atoms in total. The Morgan fingerprint density at radius 3 is 2.83 bits per heavy atom. The van der Waals surface area contributed by atoms with Crippen LogP contribution < -0.4 is 0 Å². The van der Waals surface area contributed by atoms with E-state index in [2.05, 4.69) is 10.1 Å². The van der Waals surface area contributed by atoms with Crippen LogP contribution in [-0.4, -0.2) is 22.7 Å². The summed E-state index contributed by atoms with van der Waals surface area (Å²) in [6.45, 7) is 2.17. The summed E-state index contributed by atoms with van der Waals surface area (Å²) in [6, 6.07) is 9.50. The van der Waals surface area contributed by atoms with Crippen molar-refractivity contribution in [2.24, 2.45) is 0 Å². The topological polar surface area (TPSA) is 65.2 Å². The number of benzene rings is 1. The molecule has 0 aliphatic rings. The fourth-order valence-corrected chi connectivity index (χ4v) is 1.50. The van der Waals surface area contributed by atoms with Gasteiger partial charge in [-0.1, -0.05) is 23.4 Å². The van der Waals surface area contributed by atoms with Crippen molar-refractivity contribution in [2.75, 3.05) is 6.61 Å². The van der Waals surface area contributed by atoms with Crippen molar-refractivity contribution in [3.8, 4) is 11.5 Å². The molecule has 0 N–H and O–H groups in total. The first kappa shape index (κ1) is 12.3. The van der Waals surface area contributed by atoms with Crippen molar-refractivity contribution in [1.82, 2.24) is 10.1 Å². The largest absolute Gasteiger partial charge is 0.466 e. The van der Waals surface area contributed by atoms with Crippen LogP contribution in [0.15, 0.2) is 34.9 Å². The van der Waals surface area contributed by atoms with Crippen molar-refractivity contribution in [1.29, 1.82) is 0 Å². The van der Waals surface area contributed by atoms with Crippen LogP contribution in [0.5, 0.6) is 0 Å². The number of carbonyl (C=O) groups excluding carboxylic acids is 1. The van der Waals surface area contributed by atoms with Gasteiger partial charge in [-0.15, -0.1) is 0 Å². The van der Waals surface area contributed by atoms with Gasteiger partial charge in [-0.2, -0.15) is 4.98 Å². The monoisotopic (exact) mass is 246 g/mol. The standard InChI is InChI=1S/C13H14N2O3/c1-2-17-12(16)9-8-11-14-13(18-15-11)10-6-4-3-5-7-10/h3-7H,2,8-9H2,1H3. The molecule has 0 unspecified atom stereocenters. The van der Waals surface area contributed by atoms with E-state index in [0.29, 0.717) is 24.7 Å². The summed E-state index contributed by atoms with van der Waals surface area (Å²) in [5.41, 5.74) is 0.868. The number of ether oxygens (including phenoxy) is 1. The molecule has 5 heteroatoms. The second-order valence-corrected chi connectivity index (χ2v) is 3.69. The SMILES string of the molecule is CCOC(=O)CCc1noc(-c2ccccc2)n1. The molecule has 0 aliphatic carbocycles. The minimum Gasteiger partial charge on any atom is -0.466 e. The quantitative estimate of drug-likeness (QED) is 0.757. The smallest absolute Gasteiger partial charge is 0.306 e. The van der Waals surface area contributed by atoms with Gasteiger partial charge in [0.15, 0.2) is 5.82 Å². The maximum atomic E-state index is 11.2. The van der Waals surface area contributed by atoms with Gasteiger partial charge >= 0.3 is 5.97 Å². The van der Waals surface area contributed by atoms with Gasteiger partial charge in [0.1, 0.15) is 0 Å². The third-order valence-electron chi connectivity index (χ3n) is 2.35. The van der Waals surface area contributed by atoms with Gasteiger partial charge in [-0.05, 0) is 19.1 Å². The number of rotatable bonds is 5. The third kappa shape index (κ3) is 3.16. The lowest BCUT2D eigenvalue weighted by Gasteiger charge is -1.97. The second kappa shape index (κ2) is 5.95. The van der Waals surface area contributed by atoms with Crippen molar-refractivity contribution < 1.29 is 14.1 Å². The zero-order valence-corrected chi connectivity index (χ0v) is 10.1. The number of aryl methyl sites for hydroxylation is 1. The van der Waals surface area contributed by atoms with Gasteiger partial charge in [0.2, 0.25) is 0 Å². The molecule has 18 heavy (non-hydrogen) atoms. The Morgan fingerprint density at radius 1 is 1.33 bits per heavy atom. The summed E-state index contributed by atoms with van der Waals surface area (Å²) in [7, 11) is 0. The summed E-state index contributed by atoms with van der Waals surface area (Å²) < 4.78 is 9.96. The van der Waals surface area contributed by atoms with Crippen LogP contribution in [-0.2, 0) is 16.0 Å². The molecule has 94 valence electrons. The van der Waals surface area contributed by atoms with Crippen molar-refractivity contribution in [2.45, 2.75) is 19.8 Å². The van der Waals surface area contributed by atoms with E-state index in [1.807, 2.05) is 30.3 Å². The molecule has 1 aromatic carbocycles. The van der Waals surface area contributed by atoms with Gasteiger partial charge < -0.3 is 9.26 Å². The average Bonchev–Trinajstić information content (AvgIpc) is 2.87. The van der Waals surface area contributed by atoms with Crippen LogP contribution in [0.4, 0.5) is 0 Å². The van der Waals surface area contributed by atoms with Gasteiger partial charge in [0.25, 0.3) is 5.89 Å². The van der Waals surface area contributed by atoms with Crippen LogP contribution in [0.2, 0.25) is 0 Å². The predicted molar refractivity (Wildman–Crippen MR) is 64.7 cm³/mol. The van der Waals surface area contributed by atoms with Crippen LogP contribution in [0.3, 0.4) is 0 Å². The molecule has 0 fully saturated rings. The summed E-state index contributed by atoms with van der Waals surface area (Å²) in [5.74, 6) is 0.736. The number of hydrogen-bond acceptors (Lipinski definition) is 5.